The number of likely N-dealkylation sites (tertiary alicyclic amines) is 1. The smallest absolute Gasteiger partial charge is 0.232 e. The molecule has 0 amide bonds. The van der Waals surface area contributed by atoms with Gasteiger partial charge in [0.05, 0.1) is 17.4 Å². The molecule has 26 heavy (non-hydrogen) atoms. The molecule has 0 spiro atoms. The second-order valence-electron chi connectivity index (χ2n) is 7.54. The largest absolute Gasteiger partial charge is 0.507 e. The van der Waals surface area contributed by atoms with Gasteiger partial charge in [0, 0.05) is 25.7 Å². The van der Waals surface area contributed by atoms with Gasteiger partial charge in [0.15, 0.2) is 5.76 Å². The van der Waals surface area contributed by atoms with Gasteiger partial charge in [-0.3, -0.25) is 9.69 Å². The minimum absolute atomic E-state index is 0.168. The van der Waals surface area contributed by atoms with E-state index < -0.39 is 0 Å². The highest BCUT2D eigenvalue weighted by atomic mass is 16.5. The highest BCUT2D eigenvalue weighted by molar-refractivity contribution is 6.14. The molecular formula is C21H23NO4. The van der Waals surface area contributed by atoms with E-state index >= 15 is 0 Å². The molecule has 2 aliphatic heterocycles. The first kappa shape index (κ1) is 16.9. The molecule has 0 saturated carbocycles. The molecule has 2 aromatic rings. The van der Waals surface area contributed by atoms with E-state index in [2.05, 4.69) is 18.7 Å². The molecule has 0 unspecified atom stereocenters. The Hall–Kier alpha value is -2.53. The van der Waals surface area contributed by atoms with Crippen molar-refractivity contribution in [2.24, 2.45) is 11.8 Å². The van der Waals surface area contributed by atoms with Crippen molar-refractivity contribution in [2.75, 3.05) is 13.1 Å². The van der Waals surface area contributed by atoms with Crippen molar-refractivity contribution in [1.82, 2.24) is 4.90 Å². The van der Waals surface area contributed by atoms with Gasteiger partial charge in [-0.1, -0.05) is 13.8 Å². The van der Waals surface area contributed by atoms with E-state index in [4.69, 9.17) is 9.15 Å². The first-order valence-corrected chi connectivity index (χ1v) is 9.06. The van der Waals surface area contributed by atoms with E-state index in [1.807, 2.05) is 0 Å². The van der Waals surface area contributed by atoms with Crippen molar-refractivity contribution >= 4 is 11.9 Å². The second-order valence-corrected chi connectivity index (χ2v) is 7.54. The SMILES string of the molecule is C[C@@H]1C[C@H](C)CN(Cc2c(O)ccc3c2OC(=Cc2ccco2)C3=O)C1. The fraction of sp³-hybridized carbons (Fsp3) is 0.381. The van der Waals surface area contributed by atoms with Crippen LogP contribution in [0, 0.1) is 11.8 Å². The zero-order chi connectivity index (χ0) is 18.3. The maximum absolute atomic E-state index is 12.7. The first-order chi connectivity index (χ1) is 12.5. The normalized spacial score (nSPS) is 24.7. The van der Waals surface area contributed by atoms with E-state index in [-0.39, 0.29) is 17.3 Å². The van der Waals surface area contributed by atoms with Gasteiger partial charge >= 0.3 is 0 Å². The lowest BCUT2D eigenvalue weighted by Gasteiger charge is -2.35. The summed E-state index contributed by atoms with van der Waals surface area (Å²) in [6, 6.07) is 6.74. The summed E-state index contributed by atoms with van der Waals surface area (Å²) < 4.78 is 11.1. The molecule has 0 aliphatic carbocycles. The Bertz CT molecular complexity index is 843. The second kappa shape index (κ2) is 6.65. The van der Waals surface area contributed by atoms with Crippen LogP contribution in [-0.4, -0.2) is 28.9 Å². The van der Waals surface area contributed by atoms with E-state index in [1.54, 1.807) is 36.6 Å². The van der Waals surface area contributed by atoms with E-state index in [0.717, 1.165) is 13.1 Å². The van der Waals surface area contributed by atoms with Gasteiger partial charge < -0.3 is 14.3 Å². The Kier molecular flexibility index (Phi) is 4.32. The van der Waals surface area contributed by atoms with Gasteiger partial charge in [-0.2, -0.15) is 0 Å². The van der Waals surface area contributed by atoms with Crippen LogP contribution in [0.15, 0.2) is 40.7 Å². The number of phenols is 1. The number of fused-ring (bicyclic) bond motifs is 1. The molecule has 4 rings (SSSR count). The third-order valence-electron chi connectivity index (χ3n) is 5.06. The van der Waals surface area contributed by atoms with Gasteiger partial charge in [0.25, 0.3) is 0 Å². The summed E-state index contributed by atoms with van der Waals surface area (Å²) in [5.74, 6) is 2.48. The predicted octanol–water partition coefficient (Wildman–Crippen LogP) is 4.08. The number of furan rings is 1. The summed E-state index contributed by atoms with van der Waals surface area (Å²) in [5.41, 5.74) is 1.17. The van der Waals surface area contributed by atoms with Crippen LogP contribution in [-0.2, 0) is 6.54 Å². The zero-order valence-electron chi connectivity index (χ0n) is 15.1. The number of allylic oxidation sites excluding steroid dienone is 1. The highest BCUT2D eigenvalue weighted by Gasteiger charge is 2.32. The lowest BCUT2D eigenvalue weighted by Crippen LogP contribution is -2.38. The minimum atomic E-state index is -0.182. The van der Waals surface area contributed by atoms with Gasteiger partial charge in [0.2, 0.25) is 5.78 Å². The Morgan fingerprint density at radius 1 is 1.23 bits per heavy atom. The number of carbonyl (C=O) groups excluding carboxylic acids is 1. The Morgan fingerprint density at radius 3 is 2.69 bits per heavy atom. The minimum Gasteiger partial charge on any atom is -0.507 e. The Labute approximate surface area is 152 Å². The molecule has 1 aromatic heterocycles. The Balaban J connectivity index is 1.64. The van der Waals surface area contributed by atoms with Crippen molar-refractivity contribution in [2.45, 2.75) is 26.8 Å². The molecule has 2 aliphatic rings. The number of hydrogen-bond donors (Lipinski definition) is 1. The summed E-state index contributed by atoms with van der Waals surface area (Å²) in [5, 5.41) is 10.4. The van der Waals surface area contributed by atoms with Crippen LogP contribution in [0.2, 0.25) is 0 Å². The number of rotatable bonds is 3. The van der Waals surface area contributed by atoms with Crippen LogP contribution in [0.4, 0.5) is 0 Å². The van der Waals surface area contributed by atoms with Gasteiger partial charge in [-0.15, -0.1) is 0 Å². The summed E-state index contributed by atoms with van der Waals surface area (Å²) in [7, 11) is 0. The number of carbonyl (C=O) groups is 1. The van der Waals surface area contributed by atoms with Gasteiger partial charge in [-0.25, -0.2) is 0 Å². The maximum Gasteiger partial charge on any atom is 0.232 e. The molecule has 1 aromatic carbocycles. The molecule has 0 bridgehead atoms. The summed E-state index contributed by atoms with van der Waals surface area (Å²) in [4.78, 5) is 15.0. The molecule has 1 fully saturated rings. The monoisotopic (exact) mass is 353 g/mol. The zero-order valence-corrected chi connectivity index (χ0v) is 15.1. The fourth-order valence-electron chi connectivity index (χ4n) is 4.10. The Morgan fingerprint density at radius 2 is 2.00 bits per heavy atom. The van der Waals surface area contributed by atoms with Crippen LogP contribution in [0.1, 0.15) is 41.9 Å². The van der Waals surface area contributed by atoms with Crippen molar-refractivity contribution in [3.8, 4) is 11.5 Å². The van der Waals surface area contributed by atoms with E-state index in [0.29, 0.717) is 41.0 Å². The highest BCUT2D eigenvalue weighted by Crippen LogP contribution is 2.40. The summed E-state index contributed by atoms with van der Waals surface area (Å²) in [6.45, 7) is 7.04. The third kappa shape index (κ3) is 3.15. The maximum atomic E-state index is 12.7. The molecule has 1 saturated heterocycles. The lowest BCUT2D eigenvalue weighted by atomic mass is 9.91. The van der Waals surface area contributed by atoms with Crippen LogP contribution in [0.5, 0.6) is 11.5 Å². The number of Topliss-reactive ketones (excluding diaryl/α,β-unsaturated/α-hetero) is 1. The van der Waals surface area contributed by atoms with Crippen LogP contribution in [0.25, 0.3) is 6.08 Å². The average molecular weight is 353 g/mol. The lowest BCUT2D eigenvalue weighted by molar-refractivity contribution is 0.101. The van der Waals surface area contributed by atoms with Gasteiger partial charge in [0.1, 0.15) is 17.3 Å². The van der Waals surface area contributed by atoms with Crippen molar-refractivity contribution < 1.29 is 19.1 Å². The molecule has 0 radical (unpaired) electrons. The molecule has 2 atom stereocenters. The molecule has 5 heteroatoms. The van der Waals surface area contributed by atoms with Crippen LogP contribution >= 0.6 is 0 Å². The number of ether oxygens (including phenoxy) is 1. The number of phenolic OH excluding ortho intramolecular Hbond substituents is 1. The fourth-order valence-corrected chi connectivity index (χ4v) is 4.10. The van der Waals surface area contributed by atoms with Crippen molar-refractivity contribution in [1.29, 1.82) is 0 Å². The predicted molar refractivity (Wildman–Crippen MR) is 98.0 cm³/mol. The number of piperidine rings is 1. The number of nitrogens with zero attached hydrogens (tertiary/aromatic N) is 1. The summed E-state index contributed by atoms with van der Waals surface area (Å²) in [6.07, 6.45) is 4.36. The van der Waals surface area contributed by atoms with Crippen LogP contribution in [0.3, 0.4) is 0 Å². The number of benzene rings is 1. The molecule has 3 heterocycles. The number of aromatic hydroxyl groups is 1. The molecule has 1 N–H and O–H groups in total. The average Bonchev–Trinajstić information content (AvgIpc) is 3.19. The first-order valence-electron chi connectivity index (χ1n) is 9.06. The topological polar surface area (TPSA) is 62.9 Å². The number of ketones is 1. The standard InChI is InChI=1S/C21H23NO4/c1-13-8-14(2)11-22(10-13)12-17-18(23)6-5-16-20(24)19(26-21(16)17)9-15-4-3-7-25-15/h3-7,9,13-14,23H,8,10-12H2,1-2H3/t13-,14+. The third-order valence-corrected chi connectivity index (χ3v) is 5.06. The quantitative estimate of drug-likeness (QED) is 0.843. The summed E-state index contributed by atoms with van der Waals surface area (Å²) >= 11 is 0. The molecule has 5 nitrogen and oxygen atoms in total. The van der Waals surface area contributed by atoms with Gasteiger partial charge in [-0.05, 0) is 42.5 Å². The molecular weight excluding hydrogens is 330 g/mol. The van der Waals surface area contributed by atoms with Crippen molar-refractivity contribution in [3.05, 3.63) is 53.2 Å². The number of hydrogen-bond acceptors (Lipinski definition) is 5. The van der Waals surface area contributed by atoms with Crippen LogP contribution < -0.4 is 4.74 Å². The molecule has 136 valence electrons. The van der Waals surface area contributed by atoms with Crippen molar-refractivity contribution in [3.63, 3.8) is 0 Å². The van der Waals surface area contributed by atoms with E-state index in [1.165, 1.54) is 6.42 Å². The van der Waals surface area contributed by atoms with E-state index in [9.17, 15) is 9.90 Å².